The van der Waals surface area contributed by atoms with Crippen molar-refractivity contribution >= 4 is 29.9 Å². The Morgan fingerprint density at radius 1 is 1.44 bits per heavy atom. The van der Waals surface area contributed by atoms with Crippen molar-refractivity contribution in [2.45, 2.75) is 39.3 Å². The first-order valence-electron chi connectivity index (χ1n) is 6.26. The van der Waals surface area contributed by atoms with Crippen LogP contribution in [-0.2, 0) is 4.74 Å². The highest BCUT2D eigenvalue weighted by molar-refractivity contribution is 14.0. The topological polar surface area (TPSA) is 62.9 Å². The predicted octanol–water partition coefficient (Wildman–Crippen LogP) is 1.27. The lowest BCUT2D eigenvalue weighted by molar-refractivity contribution is 0.179. The van der Waals surface area contributed by atoms with Gasteiger partial charge < -0.3 is 20.7 Å². The van der Waals surface area contributed by atoms with Crippen LogP contribution in [0.4, 0.5) is 0 Å². The van der Waals surface area contributed by atoms with Crippen LogP contribution in [0.15, 0.2) is 4.99 Å². The Labute approximate surface area is 129 Å². The molecule has 0 aromatic heterocycles. The number of rotatable bonds is 8. The van der Waals surface area contributed by atoms with Crippen LogP contribution in [0.25, 0.3) is 0 Å². The second-order valence-electron chi connectivity index (χ2n) is 4.51. The zero-order chi connectivity index (χ0) is 13.3. The van der Waals surface area contributed by atoms with Gasteiger partial charge in [0.1, 0.15) is 0 Å². The SMILES string of the molecule is CCC(C)N(C)CCN=C(N)NC(C)COC.I. The molecule has 0 aliphatic rings. The third-order valence-corrected chi connectivity index (χ3v) is 2.89. The normalized spacial score (nSPS) is 15.1. The van der Waals surface area contributed by atoms with Crippen LogP contribution >= 0.6 is 24.0 Å². The number of nitrogens with one attached hydrogen (secondary N) is 1. The molecule has 0 aromatic carbocycles. The van der Waals surface area contributed by atoms with E-state index in [9.17, 15) is 0 Å². The summed E-state index contributed by atoms with van der Waals surface area (Å²) in [6, 6.07) is 0.780. The average Bonchev–Trinajstić information content (AvgIpc) is 2.27. The highest BCUT2D eigenvalue weighted by Crippen LogP contribution is 1.98. The van der Waals surface area contributed by atoms with Gasteiger partial charge in [-0.1, -0.05) is 6.92 Å². The highest BCUT2D eigenvalue weighted by Gasteiger charge is 2.05. The summed E-state index contributed by atoms with van der Waals surface area (Å²) in [5, 5.41) is 3.08. The fourth-order valence-corrected chi connectivity index (χ4v) is 1.45. The van der Waals surface area contributed by atoms with E-state index in [0.29, 0.717) is 18.6 Å². The van der Waals surface area contributed by atoms with Crippen molar-refractivity contribution < 1.29 is 4.74 Å². The van der Waals surface area contributed by atoms with Gasteiger partial charge in [0.2, 0.25) is 0 Å². The van der Waals surface area contributed by atoms with Crippen molar-refractivity contribution in [1.82, 2.24) is 10.2 Å². The number of ether oxygens (including phenoxy) is 1. The quantitative estimate of drug-likeness (QED) is 0.383. The van der Waals surface area contributed by atoms with E-state index in [1.807, 2.05) is 6.92 Å². The molecule has 0 rings (SSSR count). The minimum atomic E-state index is 0. The molecule has 0 spiro atoms. The molecular formula is C12H29IN4O. The van der Waals surface area contributed by atoms with Gasteiger partial charge in [-0.25, -0.2) is 0 Å². The Balaban J connectivity index is 0. The van der Waals surface area contributed by atoms with Crippen LogP contribution in [-0.4, -0.2) is 56.8 Å². The van der Waals surface area contributed by atoms with Gasteiger partial charge in [-0.15, -0.1) is 24.0 Å². The Morgan fingerprint density at radius 2 is 2.06 bits per heavy atom. The summed E-state index contributed by atoms with van der Waals surface area (Å²) in [6.45, 7) is 8.69. The van der Waals surface area contributed by atoms with Crippen molar-refractivity contribution in [2.24, 2.45) is 10.7 Å². The molecule has 0 fully saturated rings. The van der Waals surface area contributed by atoms with Crippen molar-refractivity contribution in [3.8, 4) is 0 Å². The number of aliphatic imine (C=N–C) groups is 1. The number of methoxy groups -OCH3 is 1. The van der Waals surface area contributed by atoms with E-state index in [1.54, 1.807) is 7.11 Å². The standard InChI is InChI=1S/C12H28N4O.HI/c1-6-11(3)16(4)8-7-14-12(13)15-10(2)9-17-5;/h10-11H,6-9H2,1-5H3,(H3,13,14,15);1H. The fraction of sp³-hybridized carbons (Fsp3) is 0.917. The molecule has 0 radical (unpaired) electrons. The van der Waals surface area contributed by atoms with E-state index in [4.69, 9.17) is 10.5 Å². The monoisotopic (exact) mass is 372 g/mol. The van der Waals surface area contributed by atoms with E-state index >= 15 is 0 Å². The number of halogens is 1. The summed E-state index contributed by atoms with van der Waals surface area (Å²) in [5.74, 6) is 0.493. The molecule has 0 aliphatic heterocycles. The molecule has 0 heterocycles. The van der Waals surface area contributed by atoms with Crippen molar-refractivity contribution in [2.75, 3.05) is 33.9 Å². The molecule has 2 atom stereocenters. The van der Waals surface area contributed by atoms with Gasteiger partial charge in [0.25, 0.3) is 0 Å². The molecule has 6 heteroatoms. The Hall–Kier alpha value is -0.0800. The molecule has 0 saturated carbocycles. The van der Waals surface area contributed by atoms with Crippen LogP contribution < -0.4 is 11.1 Å². The van der Waals surface area contributed by atoms with E-state index in [0.717, 1.165) is 19.5 Å². The van der Waals surface area contributed by atoms with E-state index in [-0.39, 0.29) is 30.0 Å². The molecule has 0 aromatic rings. The first-order chi connectivity index (χ1) is 8.01. The number of nitrogens with two attached hydrogens (primary N) is 1. The lowest BCUT2D eigenvalue weighted by Gasteiger charge is -2.22. The summed E-state index contributed by atoms with van der Waals surface area (Å²) in [7, 11) is 3.79. The molecule has 2 unspecified atom stereocenters. The summed E-state index contributed by atoms with van der Waals surface area (Å²) in [5.41, 5.74) is 5.76. The summed E-state index contributed by atoms with van der Waals surface area (Å²) in [6.07, 6.45) is 1.15. The van der Waals surface area contributed by atoms with Gasteiger partial charge in [0.05, 0.1) is 13.2 Å². The van der Waals surface area contributed by atoms with Crippen LogP contribution in [0.2, 0.25) is 0 Å². The van der Waals surface area contributed by atoms with Crippen LogP contribution in [0.5, 0.6) is 0 Å². The number of likely N-dealkylation sites (N-methyl/N-ethyl adjacent to an activating group) is 1. The third-order valence-electron chi connectivity index (χ3n) is 2.89. The smallest absolute Gasteiger partial charge is 0.188 e. The minimum Gasteiger partial charge on any atom is -0.383 e. The largest absolute Gasteiger partial charge is 0.383 e. The lowest BCUT2D eigenvalue weighted by atomic mass is 10.2. The predicted molar refractivity (Wildman–Crippen MR) is 88.8 cm³/mol. The summed E-state index contributed by atoms with van der Waals surface area (Å²) < 4.78 is 5.01. The van der Waals surface area contributed by atoms with E-state index < -0.39 is 0 Å². The summed E-state index contributed by atoms with van der Waals surface area (Å²) >= 11 is 0. The van der Waals surface area contributed by atoms with Crippen molar-refractivity contribution in [3.05, 3.63) is 0 Å². The fourth-order valence-electron chi connectivity index (χ4n) is 1.45. The molecule has 18 heavy (non-hydrogen) atoms. The van der Waals surface area contributed by atoms with Crippen molar-refractivity contribution in [1.29, 1.82) is 0 Å². The van der Waals surface area contributed by atoms with Crippen molar-refractivity contribution in [3.63, 3.8) is 0 Å². The minimum absolute atomic E-state index is 0. The third kappa shape index (κ3) is 9.90. The van der Waals surface area contributed by atoms with E-state index in [2.05, 4.69) is 36.1 Å². The molecule has 0 aliphatic carbocycles. The van der Waals surface area contributed by atoms with Gasteiger partial charge in [0, 0.05) is 25.7 Å². The van der Waals surface area contributed by atoms with Crippen LogP contribution in [0, 0.1) is 0 Å². The maximum absolute atomic E-state index is 5.76. The van der Waals surface area contributed by atoms with Gasteiger partial charge in [-0.2, -0.15) is 0 Å². The Morgan fingerprint density at radius 3 is 2.56 bits per heavy atom. The first-order valence-corrected chi connectivity index (χ1v) is 6.26. The molecular weight excluding hydrogens is 343 g/mol. The van der Waals surface area contributed by atoms with Gasteiger partial charge >= 0.3 is 0 Å². The summed E-state index contributed by atoms with van der Waals surface area (Å²) in [4.78, 5) is 6.58. The second kappa shape index (κ2) is 12.0. The number of guanidine groups is 1. The lowest BCUT2D eigenvalue weighted by Crippen LogP contribution is -2.41. The molecule has 3 N–H and O–H groups in total. The highest BCUT2D eigenvalue weighted by atomic mass is 127. The Kier molecular flexibility index (Phi) is 13.5. The zero-order valence-electron chi connectivity index (χ0n) is 12.3. The molecule has 5 nitrogen and oxygen atoms in total. The van der Waals surface area contributed by atoms with Crippen LogP contribution in [0.1, 0.15) is 27.2 Å². The van der Waals surface area contributed by atoms with Crippen LogP contribution in [0.3, 0.4) is 0 Å². The second-order valence-corrected chi connectivity index (χ2v) is 4.51. The van der Waals surface area contributed by atoms with Gasteiger partial charge in [-0.3, -0.25) is 4.99 Å². The molecule has 0 saturated heterocycles. The van der Waals surface area contributed by atoms with Gasteiger partial charge in [-0.05, 0) is 27.3 Å². The van der Waals surface area contributed by atoms with Gasteiger partial charge in [0.15, 0.2) is 5.96 Å². The number of hydrogen-bond acceptors (Lipinski definition) is 3. The Bertz CT molecular complexity index is 226. The molecule has 0 amide bonds. The molecule has 110 valence electrons. The van der Waals surface area contributed by atoms with E-state index in [1.165, 1.54) is 0 Å². The molecule has 0 bridgehead atoms. The average molecular weight is 372 g/mol. The maximum Gasteiger partial charge on any atom is 0.188 e. The number of hydrogen-bond donors (Lipinski definition) is 2. The number of nitrogens with zero attached hydrogens (tertiary/aromatic N) is 2. The zero-order valence-corrected chi connectivity index (χ0v) is 14.6. The first kappa shape index (κ1) is 20.2. The maximum atomic E-state index is 5.76.